The molecular weight excluding hydrogens is 453 g/mol. The third-order valence-corrected chi connectivity index (χ3v) is 6.37. The molecule has 146 valence electrons. The van der Waals surface area contributed by atoms with Crippen molar-refractivity contribution in [2.75, 3.05) is 25.9 Å². The van der Waals surface area contributed by atoms with Crippen LogP contribution in [-0.2, 0) is 16.4 Å². The fraction of sp³-hybridized carbons (Fsp3) is 0.750. The van der Waals surface area contributed by atoms with E-state index >= 15 is 0 Å². The molecule has 0 radical (unpaired) electrons. The Kier molecular flexibility index (Phi) is 10.00. The van der Waals surface area contributed by atoms with Crippen molar-refractivity contribution in [3.05, 3.63) is 17.5 Å². The van der Waals surface area contributed by atoms with Crippen molar-refractivity contribution >= 4 is 39.8 Å². The Bertz CT molecular complexity index is 663. The number of aryl methyl sites for hydroxylation is 3. The molecule has 0 saturated carbocycles. The Hall–Kier alpha value is -0.840. The van der Waals surface area contributed by atoms with E-state index < -0.39 is 14.6 Å². The Morgan fingerprint density at radius 2 is 1.84 bits per heavy atom. The topological polar surface area (TPSA) is 88.4 Å². The van der Waals surface area contributed by atoms with Gasteiger partial charge in [-0.2, -0.15) is 5.10 Å². The van der Waals surface area contributed by atoms with Crippen molar-refractivity contribution in [3.8, 4) is 0 Å². The van der Waals surface area contributed by atoms with E-state index in [4.69, 9.17) is 0 Å². The Labute approximate surface area is 169 Å². The number of rotatable bonds is 7. The summed E-state index contributed by atoms with van der Waals surface area (Å²) in [6.07, 6.45) is 0.906. The van der Waals surface area contributed by atoms with Crippen molar-refractivity contribution in [2.24, 2.45) is 4.99 Å². The van der Waals surface area contributed by atoms with Crippen molar-refractivity contribution in [1.82, 2.24) is 20.4 Å². The monoisotopic (exact) mass is 485 g/mol. The zero-order chi connectivity index (χ0) is 18.4. The maximum atomic E-state index is 12.1. The standard InChI is InChI=1S/C16H31N5O2S.HI/c1-13-12-14(2)21(20-13)10-7-8-18-15(17-6)19-9-11-24(22,23)16(3,4)5;/h12H,7-11H2,1-6H3,(H2,17,18,19);1H. The minimum atomic E-state index is -3.12. The third-order valence-electron chi connectivity index (χ3n) is 3.76. The van der Waals surface area contributed by atoms with Crippen LogP contribution >= 0.6 is 24.0 Å². The van der Waals surface area contributed by atoms with Gasteiger partial charge in [-0.15, -0.1) is 24.0 Å². The van der Waals surface area contributed by atoms with E-state index in [1.54, 1.807) is 27.8 Å². The van der Waals surface area contributed by atoms with E-state index in [2.05, 4.69) is 26.8 Å². The summed E-state index contributed by atoms with van der Waals surface area (Å²) in [5.74, 6) is 0.704. The molecule has 0 bridgehead atoms. The first-order chi connectivity index (χ1) is 11.1. The van der Waals surface area contributed by atoms with Gasteiger partial charge in [0.05, 0.1) is 16.2 Å². The summed E-state index contributed by atoms with van der Waals surface area (Å²) in [4.78, 5) is 4.11. The van der Waals surface area contributed by atoms with Gasteiger partial charge < -0.3 is 10.6 Å². The number of hydrogen-bond donors (Lipinski definition) is 2. The van der Waals surface area contributed by atoms with Crippen LogP contribution in [0.1, 0.15) is 38.6 Å². The molecule has 1 aromatic heterocycles. The van der Waals surface area contributed by atoms with E-state index in [0.29, 0.717) is 12.5 Å². The Balaban J connectivity index is 0.00000576. The van der Waals surface area contributed by atoms with Crippen LogP contribution in [-0.4, -0.2) is 54.8 Å². The fourth-order valence-electron chi connectivity index (χ4n) is 2.17. The maximum absolute atomic E-state index is 12.1. The lowest BCUT2D eigenvalue weighted by molar-refractivity contribution is 0.553. The van der Waals surface area contributed by atoms with Crippen molar-refractivity contribution < 1.29 is 8.42 Å². The second-order valence-electron chi connectivity index (χ2n) is 6.86. The molecular formula is C16H32IN5O2S. The number of halogens is 1. The Morgan fingerprint density at radius 3 is 2.32 bits per heavy atom. The summed E-state index contributed by atoms with van der Waals surface area (Å²) in [5, 5.41) is 10.7. The van der Waals surface area contributed by atoms with Crippen molar-refractivity contribution in [1.29, 1.82) is 0 Å². The molecule has 0 spiro atoms. The number of guanidine groups is 1. The van der Waals surface area contributed by atoms with E-state index in [0.717, 1.165) is 30.9 Å². The van der Waals surface area contributed by atoms with Gasteiger partial charge in [-0.3, -0.25) is 9.67 Å². The Morgan fingerprint density at radius 1 is 1.24 bits per heavy atom. The number of sulfone groups is 1. The van der Waals surface area contributed by atoms with E-state index in [1.807, 2.05) is 18.5 Å². The molecule has 1 rings (SSSR count). The fourth-order valence-corrected chi connectivity index (χ4v) is 3.15. The molecule has 0 atom stereocenters. The molecule has 1 heterocycles. The van der Waals surface area contributed by atoms with Crippen LogP contribution in [0, 0.1) is 13.8 Å². The SMILES string of the molecule is CN=C(NCCCn1nc(C)cc1C)NCCS(=O)(=O)C(C)(C)C.I. The second-order valence-corrected chi connectivity index (χ2v) is 9.72. The zero-order valence-electron chi connectivity index (χ0n) is 16.1. The zero-order valence-corrected chi connectivity index (χ0v) is 19.2. The van der Waals surface area contributed by atoms with Crippen LogP contribution < -0.4 is 10.6 Å². The highest BCUT2D eigenvalue weighted by Gasteiger charge is 2.28. The first kappa shape index (κ1) is 24.2. The highest BCUT2D eigenvalue weighted by atomic mass is 127. The van der Waals surface area contributed by atoms with Crippen molar-refractivity contribution in [3.63, 3.8) is 0 Å². The van der Waals surface area contributed by atoms with Gasteiger partial charge in [0, 0.05) is 32.4 Å². The molecule has 0 unspecified atom stereocenters. The average molecular weight is 485 g/mol. The summed E-state index contributed by atoms with van der Waals surface area (Å²) >= 11 is 0. The number of aliphatic imine (C=N–C) groups is 1. The molecule has 7 nitrogen and oxygen atoms in total. The molecule has 9 heteroatoms. The second kappa shape index (κ2) is 10.3. The quantitative estimate of drug-likeness (QED) is 0.267. The maximum Gasteiger partial charge on any atom is 0.191 e. The molecule has 0 aliphatic rings. The summed E-state index contributed by atoms with van der Waals surface area (Å²) in [6.45, 7) is 11.1. The van der Waals surface area contributed by atoms with Gasteiger partial charge in [0.15, 0.2) is 15.8 Å². The van der Waals surface area contributed by atoms with Gasteiger partial charge in [0.2, 0.25) is 0 Å². The first-order valence-corrected chi connectivity index (χ1v) is 9.90. The summed E-state index contributed by atoms with van der Waals surface area (Å²) in [6, 6.07) is 2.06. The number of aromatic nitrogens is 2. The molecule has 0 aromatic carbocycles. The predicted octanol–water partition coefficient (Wildman–Crippen LogP) is 1.89. The summed E-state index contributed by atoms with van der Waals surface area (Å²) in [5.41, 5.74) is 2.18. The number of hydrogen-bond acceptors (Lipinski definition) is 4. The van der Waals surface area contributed by atoms with Crippen LogP contribution in [0.4, 0.5) is 0 Å². The molecule has 25 heavy (non-hydrogen) atoms. The van der Waals surface area contributed by atoms with Gasteiger partial charge in [-0.05, 0) is 47.1 Å². The third kappa shape index (κ3) is 7.93. The van der Waals surface area contributed by atoms with Crippen molar-refractivity contribution in [2.45, 2.75) is 52.3 Å². The molecule has 0 aliphatic carbocycles. The minimum Gasteiger partial charge on any atom is -0.356 e. The smallest absolute Gasteiger partial charge is 0.191 e. The van der Waals surface area contributed by atoms with Gasteiger partial charge in [0.1, 0.15) is 0 Å². The lowest BCUT2D eigenvalue weighted by Gasteiger charge is -2.19. The average Bonchev–Trinajstić information content (AvgIpc) is 2.78. The van der Waals surface area contributed by atoms with Crippen LogP contribution in [0.2, 0.25) is 0 Å². The van der Waals surface area contributed by atoms with E-state index in [1.165, 1.54) is 0 Å². The molecule has 2 N–H and O–H groups in total. The molecule has 0 saturated heterocycles. The van der Waals surface area contributed by atoms with Gasteiger partial charge in [0.25, 0.3) is 0 Å². The van der Waals surface area contributed by atoms with E-state index in [9.17, 15) is 8.42 Å². The normalized spacial score (nSPS) is 12.6. The number of nitrogens with zero attached hydrogens (tertiary/aromatic N) is 3. The first-order valence-electron chi connectivity index (χ1n) is 8.24. The van der Waals surface area contributed by atoms with E-state index in [-0.39, 0.29) is 29.7 Å². The van der Waals surface area contributed by atoms with Crippen LogP contribution in [0.15, 0.2) is 11.1 Å². The van der Waals surface area contributed by atoms with Gasteiger partial charge in [-0.1, -0.05) is 0 Å². The minimum absolute atomic E-state index is 0. The molecule has 0 fully saturated rings. The van der Waals surface area contributed by atoms with Gasteiger partial charge >= 0.3 is 0 Å². The summed E-state index contributed by atoms with van der Waals surface area (Å²) in [7, 11) is -1.45. The van der Waals surface area contributed by atoms with Gasteiger partial charge in [-0.25, -0.2) is 8.42 Å². The summed E-state index contributed by atoms with van der Waals surface area (Å²) < 4.78 is 25.4. The predicted molar refractivity (Wildman–Crippen MR) is 115 cm³/mol. The highest BCUT2D eigenvalue weighted by Crippen LogP contribution is 2.15. The molecule has 0 aliphatic heterocycles. The van der Waals surface area contributed by atoms with Crippen LogP contribution in [0.25, 0.3) is 0 Å². The van der Waals surface area contributed by atoms with Crippen LogP contribution in [0.5, 0.6) is 0 Å². The molecule has 1 aromatic rings. The lowest BCUT2D eigenvalue weighted by atomic mass is 10.3. The lowest BCUT2D eigenvalue weighted by Crippen LogP contribution is -2.42. The van der Waals surface area contributed by atoms with Crippen LogP contribution in [0.3, 0.4) is 0 Å². The molecule has 0 amide bonds. The number of nitrogens with one attached hydrogen (secondary N) is 2. The highest BCUT2D eigenvalue weighted by molar-refractivity contribution is 14.0. The largest absolute Gasteiger partial charge is 0.356 e.